The highest BCUT2D eigenvalue weighted by molar-refractivity contribution is 5.92. The summed E-state index contributed by atoms with van der Waals surface area (Å²) in [4.78, 5) is 40.6. The minimum Gasteiger partial charge on any atom is -0.481 e. The first-order valence-corrected chi connectivity index (χ1v) is 6.76. The van der Waals surface area contributed by atoms with Gasteiger partial charge < -0.3 is 20.0 Å². The van der Waals surface area contributed by atoms with Gasteiger partial charge in [-0.05, 0) is 24.7 Å². The molecule has 2 heterocycles. The Kier molecular flexibility index (Phi) is 4.26. The number of carboxylic acids is 1. The molecule has 2 rings (SSSR count). The van der Waals surface area contributed by atoms with Crippen molar-refractivity contribution in [3.05, 3.63) is 22.4 Å². The van der Waals surface area contributed by atoms with Crippen molar-refractivity contribution in [1.82, 2.24) is 14.9 Å². The van der Waals surface area contributed by atoms with Gasteiger partial charge in [0.1, 0.15) is 5.69 Å². The van der Waals surface area contributed by atoms with Gasteiger partial charge in [-0.25, -0.2) is 4.79 Å². The van der Waals surface area contributed by atoms with Gasteiger partial charge in [-0.2, -0.15) is 0 Å². The quantitative estimate of drug-likeness (QED) is 0.754. The fraction of sp³-hybridized carbons (Fsp3) is 0.615. The first kappa shape index (κ1) is 14.4. The van der Waals surface area contributed by atoms with Crippen molar-refractivity contribution in [1.29, 1.82) is 0 Å². The summed E-state index contributed by atoms with van der Waals surface area (Å²) in [6.07, 6.45) is 3.28. The summed E-state index contributed by atoms with van der Waals surface area (Å²) in [6, 6.07) is 0. The zero-order valence-corrected chi connectivity index (χ0v) is 11.4. The van der Waals surface area contributed by atoms with Crippen molar-refractivity contribution < 1.29 is 14.7 Å². The SMILES string of the molecule is CC(CC(=O)O)C1CCCN(C(=O)c2c[nH]c(=O)[nH]2)C1. The van der Waals surface area contributed by atoms with Crippen LogP contribution in [0.1, 0.15) is 36.7 Å². The lowest BCUT2D eigenvalue weighted by molar-refractivity contribution is -0.138. The Hall–Kier alpha value is -2.05. The molecule has 3 N–H and O–H groups in total. The first-order chi connectivity index (χ1) is 9.47. The number of nitrogens with one attached hydrogen (secondary N) is 2. The van der Waals surface area contributed by atoms with Crippen LogP contribution in [0.5, 0.6) is 0 Å². The van der Waals surface area contributed by atoms with Gasteiger partial charge in [0.05, 0.1) is 0 Å². The van der Waals surface area contributed by atoms with Gasteiger partial charge in [0, 0.05) is 25.7 Å². The van der Waals surface area contributed by atoms with Crippen molar-refractivity contribution in [2.24, 2.45) is 11.8 Å². The zero-order chi connectivity index (χ0) is 14.7. The Morgan fingerprint density at radius 2 is 2.30 bits per heavy atom. The average Bonchev–Trinajstić information content (AvgIpc) is 2.84. The molecule has 1 fully saturated rings. The molecule has 1 saturated heterocycles. The molecule has 0 saturated carbocycles. The summed E-state index contributed by atoms with van der Waals surface area (Å²) < 4.78 is 0. The van der Waals surface area contributed by atoms with E-state index in [9.17, 15) is 14.4 Å². The number of likely N-dealkylation sites (tertiary alicyclic amines) is 1. The second-order valence-electron chi connectivity index (χ2n) is 5.39. The van der Waals surface area contributed by atoms with Gasteiger partial charge in [-0.1, -0.05) is 6.92 Å². The molecule has 20 heavy (non-hydrogen) atoms. The predicted molar refractivity (Wildman–Crippen MR) is 71.5 cm³/mol. The van der Waals surface area contributed by atoms with Gasteiger partial charge in [0.2, 0.25) is 0 Å². The number of hydrogen-bond donors (Lipinski definition) is 3. The van der Waals surface area contributed by atoms with Crippen LogP contribution in [0.15, 0.2) is 11.0 Å². The average molecular weight is 281 g/mol. The van der Waals surface area contributed by atoms with E-state index in [4.69, 9.17) is 5.11 Å². The highest BCUT2D eigenvalue weighted by Gasteiger charge is 2.29. The van der Waals surface area contributed by atoms with Crippen LogP contribution in [0.25, 0.3) is 0 Å². The third-order valence-electron chi connectivity index (χ3n) is 3.87. The second kappa shape index (κ2) is 5.94. The van der Waals surface area contributed by atoms with Crippen molar-refractivity contribution in [2.75, 3.05) is 13.1 Å². The molecule has 110 valence electrons. The van der Waals surface area contributed by atoms with Crippen LogP contribution < -0.4 is 5.69 Å². The molecule has 0 radical (unpaired) electrons. The number of aliphatic carboxylic acids is 1. The number of nitrogens with zero attached hydrogens (tertiary/aromatic N) is 1. The molecule has 1 aromatic heterocycles. The maximum absolute atomic E-state index is 12.2. The van der Waals surface area contributed by atoms with E-state index >= 15 is 0 Å². The summed E-state index contributed by atoms with van der Waals surface area (Å²) in [5.74, 6) is -0.797. The maximum atomic E-state index is 12.2. The highest BCUT2D eigenvalue weighted by atomic mass is 16.4. The summed E-state index contributed by atoms with van der Waals surface area (Å²) in [7, 11) is 0. The van der Waals surface area contributed by atoms with Crippen LogP contribution in [0, 0.1) is 11.8 Å². The van der Waals surface area contributed by atoms with E-state index in [1.807, 2.05) is 6.92 Å². The monoisotopic (exact) mass is 281 g/mol. The van der Waals surface area contributed by atoms with Gasteiger partial charge in [0.25, 0.3) is 5.91 Å². The molecular weight excluding hydrogens is 262 g/mol. The number of aromatic nitrogens is 2. The van der Waals surface area contributed by atoms with Crippen molar-refractivity contribution in [3.63, 3.8) is 0 Å². The standard InChI is InChI=1S/C13H19N3O4/c1-8(5-11(17)18)9-3-2-4-16(7-9)12(19)10-6-14-13(20)15-10/h6,8-9H,2-5,7H2,1H3,(H,17,18)(H2,14,15,20). The van der Waals surface area contributed by atoms with Crippen LogP contribution >= 0.6 is 0 Å². The van der Waals surface area contributed by atoms with E-state index in [2.05, 4.69) is 9.97 Å². The fourth-order valence-electron chi connectivity index (χ4n) is 2.72. The third-order valence-corrected chi connectivity index (χ3v) is 3.87. The minimum atomic E-state index is -0.809. The molecule has 0 aliphatic carbocycles. The lowest BCUT2D eigenvalue weighted by Gasteiger charge is -2.35. The molecule has 1 aromatic rings. The zero-order valence-electron chi connectivity index (χ0n) is 11.4. The molecule has 1 aliphatic heterocycles. The molecular formula is C13H19N3O4. The number of aromatic amines is 2. The molecule has 1 amide bonds. The smallest absolute Gasteiger partial charge is 0.323 e. The number of imidazole rings is 1. The Morgan fingerprint density at radius 1 is 1.55 bits per heavy atom. The molecule has 1 aliphatic rings. The summed E-state index contributed by atoms with van der Waals surface area (Å²) >= 11 is 0. The van der Waals surface area contributed by atoms with Gasteiger partial charge in [0.15, 0.2) is 0 Å². The van der Waals surface area contributed by atoms with E-state index in [1.165, 1.54) is 6.20 Å². The summed E-state index contributed by atoms with van der Waals surface area (Å²) in [5.41, 5.74) is -0.150. The Bertz CT molecular complexity index is 548. The van der Waals surface area contributed by atoms with E-state index < -0.39 is 11.7 Å². The minimum absolute atomic E-state index is 0.0355. The molecule has 2 atom stereocenters. The van der Waals surface area contributed by atoms with Crippen molar-refractivity contribution >= 4 is 11.9 Å². The van der Waals surface area contributed by atoms with Crippen molar-refractivity contribution in [3.8, 4) is 0 Å². The van der Waals surface area contributed by atoms with Crippen LogP contribution in [0.2, 0.25) is 0 Å². The number of rotatable bonds is 4. The number of carbonyl (C=O) groups is 2. The predicted octanol–water partition coefficient (Wildman–Crippen LogP) is 0.666. The number of amides is 1. The Morgan fingerprint density at radius 3 is 2.90 bits per heavy atom. The van der Waals surface area contributed by atoms with Crippen molar-refractivity contribution in [2.45, 2.75) is 26.2 Å². The largest absolute Gasteiger partial charge is 0.481 e. The first-order valence-electron chi connectivity index (χ1n) is 6.76. The number of piperidine rings is 1. The van der Waals surface area contributed by atoms with Gasteiger partial charge >= 0.3 is 11.7 Å². The third kappa shape index (κ3) is 3.28. The van der Waals surface area contributed by atoms with Crippen LogP contribution in [0.4, 0.5) is 0 Å². The molecule has 0 bridgehead atoms. The Labute approximate surface area is 116 Å². The molecule has 0 spiro atoms. The topological polar surface area (TPSA) is 106 Å². The van der Waals surface area contributed by atoms with Crippen LogP contribution in [-0.2, 0) is 4.79 Å². The molecule has 0 aromatic carbocycles. The lowest BCUT2D eigenvalue weighted by atomic mass is 9.84. The molecule has 2 unspecified atom stereocenters. The van der Waals surface area contributed by atoms with E-state index in [1.54, 1.807) is 4.90 Å². The maximum Gasteiger partial charge on any atom is 0.323 e. The Balaban J connectivity index is 2.01. The lowest BCUT2D eigenvalue weighted by Crippen LogP contribution is -2.42. The van der Waals surface area contributed by atoms with E-state index in [0.717, 1.165) is 12.8 Å². The number of carboxylic acid groups (broad SMARTS) is 1. The normalized spacial score (nSPS) is 20.6. The number of carbonyl (C=O) groups excluding carboxylic acids is 1. The van der Waals surface area contributed by atoms with Crippen LogP contribution in [0.3, 0.4) is 0 Å². The molecule has 7 heteroatoms. The second-order valence-corrected chi connectivity index (χ2v) is 5.39. The number of H-pyrrole nitrogens is 2. The summed E-state index contributed by atoms with van der Waals surface area (Å²) in [5, 5.41) is 8.85. The van der Waals surface area contributed by atoms with E-state index in [-0.39, 0.29) is 29.9 Å². The van der Waals surface area contributed by atoms with Gasteiger partial charge in [-0.15, -0.1) is 0 Å². The fourth-order valence-corrected chi connectivity index (χ4v) is 2.72. The summed E-state index contributed by atoms with van der Waals surface area (Å²) in [6.45, 7) is 3.09. The number of hydrogen-bond acceptors (Lipinski definition) is 3. The van der Waals surface area contributed by atoms with Crippen LogP contribution in [-0.4, -0.2) is 44.9 Å². The highest BCUT2D eigenvalue weighted by Crippen LogP contribution is 2.26. The molecule has 7 nitrogen and oxygen atoms in total. The van der Waals surface area contributed by atoms with E-state index in [0.29, 0.717) is 13.1 Å². The van der Waals surface area contributed by atoms with Gasteiger partial charge in [-0.3, -0.25) is 9.59 Å².